The Labute approximate surface area is 214 Å². The molecule has 6 nitrogen and oxygen atoms in total. The molecule has 5 atom stereocenters. The summed E-state index contributed by atoms with van der Waals surface area (Å²) in [5, 5.41) is 0. The van der Waals surface area contributed by atoms with Crippen LogP contribution in [-0.4, -0.2) is 50.3 Å². The van der Waals surface area contributed by atoms with E-state index in [4.69, 9.17) is 29.4 Å². The van der Waals surface area contributed by atoms with E-state index in [1.165, 1.54) is 0 Å². The van der Waals surface area contributed by atoms with E-state index in [-0.39, 0.29) is 30.5 Å². The SMILES string of the molecule is CC1O[C@@H]([C@@H](COCc2ccccc2)OCc2ccccc2)[C@H](OCc2ccccc2)[C@H]1OCCN. The first-order chi connectivity index (χ1) is 17.7. The fourth-order valence-corrected chi connectivity index (χ4v) is 4.43. The standard InChI is InChI=1S/C30H37NO5/c1-23-28(33-18-17-31)30(35-21-26-15-9-4-10-16-26)29(36-23)27(34-20-25-13-7-3-8-14-25)22-32-19-24-11-5-2-6-12-24/h2-16,23,27-30H,17-22,31H2,1H3/t23?,27-,28+,29+,30-/m1/s1. The monoisotopic (exact) mass is 491 g/mol. The highest BCUT2D eigenvalue weighted by Gasteiger charge is 2.48. The molecule has 0 radical (unpaired) electrons. The van der Waals surface area contributed by atoms with Crippen LogP contribution in [0.2, 0.25) is 0 Å². The molecular formula is C30H37NO5. The van der Waals surface area contributed by atoms with Gasteiger partial charge in [0.2, 0.25) is 0 Å². The Bertz CT molecular complexity index is 988. The van der Waals surface area contributed by atoms with Gasteiger partial charge in [-0.25, -0.2) is 0 Å². The lowest BCUT2D eigenvalue weighted by molar-refractivity contribution is -0.140. The number of hydrogen-bond acceptors (Lipinski definition) is 6. The van der Waals surface area contributed by atoms with Crippen LogP contribution in [0.15, 0.2) is 91.0 Å². The van der Waals surface area contributed by atoms with Crippen LogP contribution < -0.4 is 5.73 Å². The summed E-state index contributed by atoms with van der Waals surface area (Å²) in [7, 11) is 0. The molecule has 1 aliphatic rings. The average Bonchev–Trinajstić information content (AvgIpc) is 3.24. The van der Waals surface area contributed by atoms with Crippen molar-refractivity contribution >= 4 is 0 Å². The summed E-state index contributed by atoms with van der Waals surface area (Å²) >= 11 is 0. The van der Waals surface area contributed by atoms with Crippen molar-refractivity contribution in [1.82, 2.24) is 0 Å². The normalized spacial score (nSPS) is 22.5. The van der Waals surface area contributed by atoms with Gasteiger partial charge in [0.05, 0.1) is 39.1 Å². The number of rotatable bonds is 14. The smallest absolute Gasteiger partial charge is 0.115 e. The van der Waals surface area contributed by atoms with E-state index in [1.54, 1.807) is 0 Å². The molecule has 0 bridgehead atoms. The Morgan fingerprint density at radius 1 is 0.722 bits per heavy atom. The van der Waals surface area contributed by atoms with Crippen LogP contribution in [0.3, 0.4) is 0 Å². The molecule has 192 valence electrons. The second-order valence-corrected chi connectivity index (χ2v) is 9.03. The summed E-state index contributed by atoms with van der Waals surface area (Å²) in [6.45, 7) is 4.67. The van der Waals surface area contributed by atoms with Gasteiger partial charge in [-0.1, -0.05) is 91.0 Å². The molecule has 2 N–H and O–H groups in total. The van der Waals surface area contributed by atoms with Gasteiger partial charge in [0, 0.05) is 6.54 Å². The fourth-order valence-electron chi connectivity index (χ4n) is 4.43. The molecule has 1 fully saturated rings. The molecule has 1 saturated heterocycles. The molecule has 0 aromatic heterocycles. The Morgan fingerprint density at radius 3 is 1.86 bits per heavy atom. The molecule has 1 aliphatic heterocycles. The quantitative estimate of drug-likeness (QED) is 0.358. The minimum absolute atomic E-state index is 0.167. The van der Waals surface area contributed by atoms with E-state index in [1.807, 2.05) is 61.5 Å². The van der Waals surface area contributed by atoms with Crippen LogP contribution in [0, 0.1) is 0 Å². The molecule has 6 heteroatoms. The maximum atomic E-state index is 6.45. The molecule has 0 spiro atoms. The Hall–Kier alpha value is -2.58. The van der Waals surface area contributed by atoms with Crippen molar-refractivity contribution in [2.24, 2.45) is 5.73 Å². The Balaban J connectivity index is 1.49. The topological polar surface area (TPSA) is 72.2 Å². The summed E-state index contributed by atoms with van der Waals surface area (Å²) in [4.78, 5) is 0. The molecule has 4 rings (SSSR count). The van der Waals surface area contributed by atoms with E-state index < -0.39 is 0 Å². The number of benzene rings is 3. The first-order valence-corrected chi connectivity index (χ1v) is 12.6. The van der Waals surface area contributed by atoms with Crippen molar-refractivity contribution < 1.29 is 23.7 Å². The number of nitrogens with two attached hydrogens (primary N) is 1. The Morgan fingerprint density at radius 2 is 1.28 bits per heavy atom. The summed E-state index contributed by atoms with van der Waals surface area (Å²) in [6, 6.07) is 30.4. The van der Waals surface area contributed by atoms with Crippen molar-refractivity contribution in [2.75, 3.05) is 19.8 Å². The second kappa shape index (κ2) is 14.2. The molecule has 0 amide bonds. The van der Waals surface area contributed by atoms with Gasteiger partial charge < -0.3 is 29.4 Å². The van der Waals surface area contributed by atoms with Crippen LogP contribution >= 0.6 is 0 Å². The van der Waals surface area contributed by atoms with Crippen molar-refractivity contribution in [3.63, 3.8) is 0 Å². The summed E-state index contributed by atoms with van der Waals surface area (Å²) < 4.78 is 31.5. The first-order valence-electron chi connectivity index (χ1n) is 12.6. The van der Waals surface area contributed by atoms with Gasteiger partial charge in [0.15, 0.2) is 0 Å². The van der Waals surface area contributed by atoms with Gasteiger partial charge in [-0.3, -0.25) is 0 Å². The molecule has 1 unspecified atom stereocenters. The van der Waals surface area contributed by atoms with Crippen LogP contribution in [0.25, 0.3) is 0 Å². The molecule has 3 aromatic carbocycles. The van der Waals surface area contributed by atoms with Gasteiger partial charge >= 0.3 is 0 Å². The van der Waals surface area contributed by atoms with Gasteiger partial charge in [-0.05, 0) is 23.6 Å². The summed E-state index contributed by atoms with van der Waals surface area (Å²) in [5.41, 5.74) is 9.04. The zero-order valence-corrected chi connectivity index (χ0v) is 20.9. The molecule has 0 aliphatic carbocycles. The highest BCUT2D eigenvalue weighted by atomic mass is 16.6. The van der Waals surface area contributed by atoms with Crippen molar-refractivity contribution in [1.29, 1.82) is 0 Å². The van der Waals surface area contributed by atoms with Crippen molar-refractivity contribution in [3.8, 4) is 0 Å². The van der Waals surface area contributed by atoms with Crippen molar-refractivity contribution in [2.45, 2.75) is 57.3 Å². The van der Waals surface area contributed by atoms with Gasteiger partial charge in [-0.15, -0.1) is 0 Å². The first kappa shape index (κ1) is 26.5. The van der Waals surface area contributed by atoms with Crippen LogP contribution in [0.5, 0.6) is 0 Å². The van der Waals surface area contributed by atoms with E-state index in [9.17, 15) is 0 Å². The summed E-state index contributed by atoms with van der Waals surface area (Å²) in [5.74, 6) is 0. The third-order valence-corrected chi connectivity index (χ3v) is 6.26. The largest absolute Gasteiger partial charge is 0.374 e. The zero-order chi connectivity index (χ0) is 25.0. The third-order valence-electron chi connectivity index (χ3n) is 6.26. The highest BCUT2D eigenvalue weighted by Crippen LogP contribution is 2.31. The number of ether oxygens (including phenoxy) is 5. The molecular weight excluding hydrogens is 454 g/mol. The van der Waals surface area contributed by atoms with Crippen LogP contribution in [0.4, 0.5) is 0 Å². The van der Waals surface area contributed by atoms with Gasteiger partial charge in [0.1, 0.15) is 24.4 Å². The lowest BCUT2D eigenvalue weighted by atomic mass is 10.0. The van der Waals surface area contributed by atoms with Crippen LogP contribution in [0.1, 0.15) is 23.6 Å². The highest BCUT2D eigenvalue weighted by molar-refractivity contribution is 5.15. The van der Waals surface area contributed by atoms with Crippen LogP contribution in [-0.2, 0) is 43.5 Å². The minimum atomic E-state index is -0.356. The maximum absolute atomic E-state index is 6.45. The fraction of sp³-hybridized carbons (Fsp3) is 0.400. The predicted octanol–water partition coefficient (Wildman–Crippen LogP) is 4.51. The second-order valence-electron chi connectivity index (χ2n) is 9.03. The lowest BCUT2D eigenvalue weighted by Crippen LogP contribution is -2.45. The van der Waals surface area contributed by atoms with Crippen molar-refractivity contribution in [3.05, 3.63) is 108 Å². The predicted molar refractivity (Wildman–Crippen MR) is 139 cm³/mol. The molecule has 3 aromatic rings. The molecule has 0 saturated carbocycles. The molecule has 1 heterocycles. The molecule has 36 heavy (non-hydrogen) atoms. The third kappa shape index (κ3) is 7.71. The Kier molecular flexibility index (Phi) is 10.5. The van der Waals surface area contributed by atoms with Gasteiger partial charge in [-0.2, -0.15) is 0 Å². The maximum Gasteiger partial charge on any atom is 0.115 e. The van der Waals surface area contributed by atoms with E-state index in [0.717, 1.165) is 16.7 Å². The number of hydrogen-bond donors (Lipinski definition) is 1. The van der Waals surface area contributed by atoms with E-state index in [2.05, 4.69) is 36.4 Å². The van der Waals surface area contributed by atoms with E-state index >= 15 is 0 Å². The van der Waals surface area contributed by atoms with Gasteiger partial charge in [0.25, 0.3) is 0 Å². The summed E-state index contributed by atoms with van der Waals surface area (Å²) in [6.07, 6.45) is -1.44. The minimum Gasteiger partial charge on any atom is -0.374 e. The zero-order valence-electron chi connectivity index (χ0n) is 20.9. The lowest BCUT2D eigenvalue weighted by Gasteiger charge is -2.29. The average molecular weight is 492 g/mol. The van der Waals surface area contributed by atoms with E-state index in [0.29, 0.717) is 39.6 Å².